The zero-order valence-corrected chi connectivity index (χ0v) is 19.7. The topological polar surface area (TPSA) is 67.9 Å². The molecule has 3 rings (SSSR count). The van der Waals surface area contributed by atoms with Gasteiger partial charge in [-0.1, -0.05) is 6.07 Å². The van der Waals surface area contributed by atoms with E-state index in [9.17, 15) is 14.0 Å². The Bertz CT molecular complexity index is 867. The fraction of sp³-hybridized carbons (Fsp3) is 0.478. The summed E-state index contributed by atoms with van der Waals surface area (Å²) in [6, 6.07) is 10.4. The van der Waals surface area contributed by atoms with Crippen LogP contribution in [-0.4, -0.2) is 81.0 Å². The molecule has 0 saturated carbocycles. The second kappa shape index (κ2) is 11.4. The monoisotopic (exact) mass is 461 g/mol. The summed E-state index contributed by atoms with van der Waals surface area (Å²) in [4.78, 5) is 32.3. The molecule has 0 spiro atoms. The first-order valence-corrected chi connectivity index (χ1v) is 11.7. The third-order valence-corrected chi connectivity index (χ3v) is 6.56. The quantitative estimate of drug-likeness (QED) is 0.588. The van der Waals surface area contributed by atoms with Gasteiger partial charge in [0.15, 0.2) is 0 Å². The summed E-state index contributed by atoms with van der Waals surface area (Å²) in [7, 11) is 3.82. The van der Waals surface area contributed by atoms with Crippen LogP contribution in [-0.2, 0) is 9.59 Å². The molecule has 7 nitrogen and oxygen atoms in total. The number of halogens is 1. The number of nitrogens with zero attached hydrogens (tertiary/aromatic N) is 3. The van der Waals surface area contributed by atoms with Gasteiger partial charge in [0, 0.05) is 55.9 Å². The van der Waals surface area contributed by atoms with Crippen molar-refractivity contribution in [1.29, 1.82) is 0 Å². The van der Waals surface area contributed by atoms with Crippen molar-refractivity contribution in [1.82, 2.24) is 20.4 Å². The molecule has 2 aromatic rings. The van der Waals surface area contributed by atoms with E-state index in [1.807, 2.05) is 37.4 Å². The van der Waals surface area contributed by atoms with Crippen LogP contribution >= 0.6 is 11.3 Å². The fourth-order valence-electron chi connectivity index (χ4n) is 3.94. The number of benzene rings is 1. The maximum Gasteiger partial charge on any atom is 0.309 e. The largest absolute Gasteiger partial charge is 0.369 e. The van der Waals surface area contributed by atoms with Crippen molar-refractivity contribution in [2.24, 2.45) is 0 Å². The SMILES string of the molecule is C[C@H](NC(=O)C(=O)NCCN(C)C)[C@@H](c1cccs1)N1CCN(c2ccc(F)cc2)CC1. The van der Waals surface area contributed by atoms with Crippen LogP contribution in [0.2, 0.25) is 0 Å². The average Bonchev–Trinajstić information content (AvgIpc) is 3.29. The molecule has 1 aromatic heterocycles. The summed E-state index contributed by atoms with van der Waals surface area (Å²) in [6.07, 6.45) is 0. The molecule has 174 valence electrons. The Morgan fingerprint density at radius 2 is 1.78 bits per heavy atom. The summed E-state index contributed by atoms with van der Waals surface area (Å²) < 4.78 is 13.2. The lowest BCUT2D eigenvalue weighted by Crippen LogP contribution is -2.54. The van der Waals surface area contributed by atoms with Crippen LogP contribution in [0, 0.1) is 5.82 Å². The smallest absolute Gasteiger partial charge is 0.309 e. The van der Waals surface area contributed by atoms with Gasteiger partial charge in [-0.3, -0.25) is 14.5 Å². The number of carbonyl (C=O) groups is 2. The molecule has 1 fully saturated rings. The van der Waals surface area contributed by atoms with E-state index in [4.69, 9.17) is 0 Å². The summed E-state index contributed by atoms with van der Waals surface area (Å²) in [6.45, 7) is 6.25. The highest BCUT2D eigenvalue weighted by Gasteiger charge is 2.31. The van der Waals surface area contributed by atoms with Gasteiger partial charge < -0.3 is 20.4 Å². The van der Waals surface area contributed by atoms with Gasteiger partial charge in [0.1, 0.15) is 5.82 Å². The number of hydrogen-bond donors (Lipinski definition) is 2. The lowest BCUT2D eigenvalue weighted by molar-refractivity contribution is -0.139. The Balaban J connectivity index is 1.61. The molecule has 1 aliphatic heterocycles. The summed E-state index contributed by atoms with van der Waals surface area (Å²) in [5.74, 6) is -1.45. The number of anilines is 1. The molecule has 9 heteroatoms. The van der Waals surface area contributed by atoms with Crippen LogP contribution in [0.3, 0.4) is 0 Å². The van der Waals surface area contributed by atoms with Gasteiger partial charge in [0.2, 0.25) is 0 Å². The molecule has 2 amide bonds. The second-order valence-corrected chi connectivity index (χ2v) is 9.26. The van der Waals surface area contributed by atoms with Gasteiger partial charge in [-0.2, -0.15) is 0 Å². The highest BCUT2D eigenvalue weighted by molar-refractivity contribution is 7.10. The van der Waals surface area contributed by atoms with E-state index < -0.39 is 11.8 Å². The van der Waals surface area contributed by atoms with Gasteiger partial charge in [-0.15, -0.1) is 11.3 Å². The van der Waals surface area contributed by atoms with Crippen molar-refractivity contribution in [3.63, 3.8) is 0 Å². The number of nitrogens with one attached hydrogen (secondary N) is 2. The standard InChI is InChI=1S/C23H32FN5O2S/c1-17(26-23(31)22(30)25-10-11-27(2)3)21(20-5-4-16-32-20)29-14-12-28(13-15-29)19-8-6-18(24)7-9-19/h4-9,16-17,21H,10-15H2,1-3H3,(H,25,30)(H,26,31)/t17-,21-/m0/s1. The van der Waals surface area contributed by atoms with Crippen molar-refractivity contribution >= 4 is 28.8 Å². The third kappa shape index (κ3) is 6.51. The fourth-order valence-corrected chi connectivity index (χ4v) is 4.90. The van der Waals surface area contributed by atoms with Crippen molar-refractivity contribution in [2.45, 2.75) is 19.0 Å². The van der Waals surface area contributed by atoms with Gasteiger partial charge in [0.25, 0.3) is 0 Å². The Labute approximate surface area is 193 Å². The van der Waals surface area contributed by atoms with Crippen molar-refractivity contribution in [3.8, 4) is 0 Å². The van der Waals surface area contributed by atoms with Gasteiger partial charge in [-0.05, 0) is 56.7 Å². The third-order valence-electron chi connectivity index (χ3n) is 5.62. The Morgan fingerprint density at radius 1 is 1.09 bits per heavy atom. The molecule has 2 heterocycles. The van der Waals surface area contributed by atoms with E-state index in [1.165, 1.54) is 12.1 Å². The van der Waals surface area contributed by atoms with Crippen LogP contribution in [0.1, 0.15) is 17.8 Å². The molecular formula is C23H32FN5O2S. The molecule has 1 aliphatic rings. The van der Waals surface area contributed by atoms with Gasteiger partial charge >= 0.3 is 11.8 Å². The van der Waals surface area contributed by atoms with Crippen LogP contribution in [0.5, 0.6) is 0 Å². The molecule has 1 aromatic carbocycles. The first kappa shape index (κ1) is 24.2. The first-order valence-electron chi connectivity index (χ1n) is 10.9. The van der Waals surface area contributed by atoms with Crippen LogP contribution in [0.15, 0.2) is 41.8 Å². The second-order valence-electron chi connectivity index (χ2n) is 8.28. The molecule has 2 atom stereocenters. The van der Waals surface area contributed by atoms with Crippen molar-refractivity contribution in [2.75, 3.05) is 58.3 Å². The average molecular weight is 462 g/mol. The number of hydrogen-bond acceptors (Lipinski definition) is 6. The van der Waals surface area contributed by atoms with Crippen molar-refractivity contribution in [3.05, 3.63) is 52.5 Å². The summed E-state index contributed by atoms with van der Waals surface area (Å²) in [5.41, 5.74) is 1.01. The minimum atomic E-state index is -0.609. The minimum Gasteiger partial charge on any atom is -0.369 e. The molecular weight excluding hydrogens is 429 g/mol. The van der Waals surface area contributed by atoms with Gasteiger partial charge in [-0.25, -0.2) is 4.39 Å². The first-order chi connectivity index (χ1) is 15.3. The zero-order chi connectivity index (χ0) is 23.1. The molecule has 0 unspecified atom stereocenters. The van der Waals surface area contributed by atoms with E-state index in [1.54, 1.807) is 23.5 Å². The van der Waals surface area contributed by atoms with Crippen LogP contribution in [0.25, 0.3) is 0 Å². The van der Waals surface area contributed by atoms with Crippen molar-refractivity contribution < 1.29 is 14.0 Å². The van der Waals surface area contributed by atoms with E-state index in [-0.39, 0.29) is 17.9 Å². The molecule has 0 radical (unpaired) electrons. The zero-order valence-electron chi connectivity index (χ0n) is 18.9. The van der Waals surface area contributed by atoms with E-state index in [2.05, 4.69) is 26.5 Å². The van der Waals surface area contributed by atoms with Gasteiger partial charge in [0.05, 0.1) is 6.04 Å². The molecule has 1 saturated heterocycles. The molecule has 2 N–H and O–H groups in total. The van der Waals surface area contributed by atoms with E-state index in [0.717, 1.165) is 36.7 Å². The predicted molar refractivity (Wildman–Crippen MR) is 126 cm³/mol. The molecule has 32 heavy (non-hydrogen) atoms. The lowest BCUT2D eigenvalue weighted by Gasteiger charge is -2.42. The highest BCUT2D eigenvalue weighted by atomic mass is 32.1. The summed E-state index contributed by atoms with van der Waals surface area (Å²) in [5, 5.41) is 7.59. The number of amides is 2. The molecule has 0 bridgehead atoms. The van der Waals surface area contributed by atoms with Crippen LogP contribution < -0.4 is 15.5 Å². The van der Waals surface area contributed by atoms with E-state index >= 15 is 0 Å². The van der Waals surface area contributed by atoms with Crippen LogP contribution in [0.4, 0.5) is 10.1 Å². The maximum atomic E-state index is 13.2. The Hall–Kier alpha value is -2.49. The highest BCUT2D eigenvalue weighted by Crippen LogP contribution is 2.30. The number of piperazine rings is 1. The predicted octanol–water partition coefficient (Wildman–Crippen LogP) is 1.93. The lowest BCUT2D eigenvalue weighted by atomic mass is 10.0. The number of rotatable bonds is 8. The Morgan fingerprint density at radius 3 is 2.38 bits per heavy atom. The summed E-state index contributed by atoms with van der Waals surface area (Å²) >= 11 is 1.65. The van der Waals surface area contributed by atoms with E-state index in [0.29, 0.717) is 13.1 Å². The minimum absolute atomic E-state index is 0.0242. The maximum absolute atomic E-state index is 13.2. The number of carbonyl (C=O) groups excluding carboxylic acids is 2. The Kier molecular flexibility index (Phi) is 8.60. The number of likely N-dealkylation sites (N-methyl/N-ethyl adjacent to an activating group) is 1. The number of thiophene rings is 1. The molecule has 0 aliphatic carbocycles. The normalized spacial score (nSPS) is 16.6.